The average molecular weight is 475 g/mol. The Morgan fingerprint density at radius 2 is 1.91 bits per heavy atom. The SMILES string of the molecule is CCO[C@@H](C)C(=O)N1CC2(CC2)C(NS(C)(=O)=O)C1Cc1cccc(-c2ccccc2)c1F. The van der Waals surface area contributed by atoms with Crippen molar-refractivity contribution in [2.45, 2.75) is 51.3 Å². The van der Waals surface area contributed by atoms with E-state index in [2.05, 4.69) is 4.72 Å². The molecule has 1 heterocycles. The second-order valence-electron chi connectivity index (χ2n) is 9.21. The summed E-state index contributed by atoms with van der Waals surface area (Å²) in [7, 11) is -3.52. The second kappa shape index (κ2) is 9.16. The van der Waals surface area contributed by atoms with Gasteiger partial charge in [0.25, 0.3) is 5.91 Å². The fraction of sp³-hybridized carbons (Fsp3) is 0.480. The lowest BCUT2D eigenvalue weighted by atomic mass is 9.91. The standard InChI is InChI=1S/C25H31FN2O4S/c1-4-32-17(2)24(29)28-16-25(13-14-25)23(27-33(3,30)31)21(28)15-19-11-8-12-20(22(19)26)18-9-6-5-7-10-18/h5-12,17,21,23,27H,4,13-16H2,1-3H3/t17-,21?,23?/m0/s1. The number of ether oxygens (including phenoxy) is 1. The predicted molar refractivity (Wildman–Crippen MR) is 126 cm³/mol. The third-order valence-corrected chi connectivity index (χ3v) is 7.49. The van der Waals surface area contributed by atoms with Gasteiger partial charge in [-0.15, -0.1) is 0 Å². The Kier molecular flexibility index (Phi) is 6.62. The Hall–Kier alpha value is -2.29. The van der Waals surface area contributed by atoms with Crippen LogP contribution in [0, 0.1) is 11.2 Å². The van der Waals surface area contributed by atoms with Gasteiger partial charge in [0.15, 0.2) is 0 Å². The molecule has 1 amide bonds. The minimum atomic E-state index is -3.52. The summed E-state index contributed by atoms with van der Waals surface area (Å²) in [5, 5.41) is 0. The monoisotopic (exact) mass is 474 g/mol. The molecule has 2 aliphatic rings. The molecule has 2 aromatic carbocycles. The summed E-state index contributed by atoms with van der Waals surface area (Å²) in [4.78, 5) is 15.0. The summed E-state index contributed by atoms with van der Waals surface area (Å²) < 4.78 is 48.4. The molecule has 0 bridgehead atoms. The molecule has 1 aliphatic carbocycles. The molecule has 4 rings (SSSR count). The highest BCUT2D eigenvalue weighted by molar-refractivity contribution is 7.88. The summed E-state index contributed by atoms with van der Waals surface area (Å²) in [6, 6.07) is 13.6. The molecule has 33 heavy (non-hydrogen) atoms. The van der Waals surface area contributed by atoms with Gasteiger partial charge in [-0.1, -0.05) is 48.5 Å². The number of hydrogen-bond acceptors (Lipinski definition) is 4. The van der Waals surface area contributed by atoms with E-state index in [0.717, 1.165) is 24.7 Å². The van der Waals surface area contributed by atoms with Gasteiger partial charge in [-0.2, -0.15) is 0 Å². The van der Waals surface area contributed by atoms with Crippen molar-refractivity contribution in [1.82, 2.24) is 9.62 Å². The lowest BCUT2D eigenvalue weighted by Gasteiger charge is -2.31. The van der Waals surface area contributed by atoms with Crippen molar-refractivity contribution in [2.24, 2.45) is 5.41 Å². The maximum absolute atomic E-state index is 15.6. The molecular formula is C25H31FN2O4S. The maximum atomic E-state index is 15.6. The van der Waals surface area contributed by atoms with E-state index < -0.39 is 28.2 Å². The number of likely N-dealkylation sites (tertiary alicyclic amines) is 1. The van der Waals surface area contributed by atoms with Crippen LogP contribution in [-0.4, -0.2) is 56.8 Å². The van der Waals surface area contributed by atoms with Gasteiger partial charge >= 0.3 is 0 Å². The van der Waals surface area contributed by atoms with Crippen molar-refractivity contribution < 1.29 is 22.3 Å². The first-order chi connectivity index (χ1) is 15.6. The number of carbonyl (C=O) groups excluding carboxylic acids is 1. The Morgan fingerprint density at radius 3 is 2.52 bits per heavy atom. The third-order valence-electron chi connectivity index (χ3n) is 6.80. The van der Waals surface area contributed by atoms with Crippen LogP contribution < -0.4 is 4.72 Å². The summed E-state index contributed by atoms with van der Waals surface area (Å²) in [5.41, 5.74) is 1.41. The molecule has 1 spiro atoms. The van der Waals surface area contributed by atoms with Crippen molar-refractivity contribution >= 4 is 15.9 Å². The molecule has 2 fully saturated rings. The summed E-state index contributed by atoms with van der Waals surface area (Å²) in [5.74, 6) is -0.533. The minimum absolute atomic E-state index is 0.189. The van der Waals surface area contributed by atoms with Gasteiger partial charge in [0.1, 0.15) is 11.9 Å². The smallest absolute Gasteiger partial charge is 0.251 e. The van der Waals surface area contributed by atoms with E-state index in [9.17, 15) is 13.2 Å². The molecule has 1 N–H and O–H groups in total. The van der Waals surface area contributed by atoms with Crippen molar-refractivity contribution in [2.75, 3.05) is 19.4 Å². The van der Waals surface area contributed by atoms with Gasteiger partial charge in [0.05, 0.1) is 12.3 Å². The highest BCUT2D eigenvalue weighted by Gasteiger charge is 2.61. The van der Waals surface area contributed by atoms with Crippen LogP contribution in [0.1, 0.15) is 32.3 Å². The molecule has 3 atom stereocenters. The van der Waals surface area contributed by atoms with Gasteiger partial charge in [0, 0.05) is 30.2 Å². The third kappa shape index (κ3) is 4.98. The topological polar surface area (TPSA) is 75.7 Å². The van der Waals surface area contributed by atoms with Crippen LogP contribution in [0.4, 0.5) is 4.39 Å². The zero-order chi connectivity index (χ0) is 23.8. The fourth-order valence-electron chi connectivity index (χ4n) is 5.03. The normalized spacial score (nSPS) is 22.5. The maximum Gasteiger partial charge on any atom is 0.251 e. The summed E-state index contributed by atoms with van der Waals surface area (Å²) in [6.45, 7) is 4.37. The number of amides is 1. The number of nitrogens with one attached hydrogen (secondary N) is 1. The van der Waals surface area contributed by atoms with Gasteiger partial charge < -0.3 is 9.64 Å². The average Bonchev–Trinajstić information content (AvgIpc) is 3.50. The van der Waals surface area contributed by atoms with Crippen LogP contribution in [0.15, 0.2) is 48.5 Å². The molecule has 2 unspecified atom stereocenters. The van der Waals surface area contributed by atoms with Gasteiger partial charge in [-0.3, -0.25) is 4.79 Å². The Labute approximate surface area is 195 Å². The second-order valence-corrected chi connectivity index (χ2v) is 11.0. The van der Waals surface area contributed by atoms with Crippen molar-refractivity contribution in [3.8, 4) is 11.1 Å². The van der Waals surface area contributed by atoms with Crippen LogP contribution in [0.2, 0.25) is 0 Å². The van der Waals surface area contributed by atoms with Gasteiger partial charge in [0.2, 0.25) is 10.0 Å². The van der Waals surface area contributed by atoms with Gasteiger partial charge in [-0.25, -0.2) is 17.5 Å². The van der Waals surface area contributed by atoms with Crippen LogP contribution in [0.25, 0.3) is 11.1 Å². The molecule has 6 nitrogen and oxygen atoms in total. The number of nitrogens with zero attached hydrogens (tertiary/aromatic N) is 1. The van der Waals surface area contributed by atoms with E-state index in [1.807, 2.05) is 37.3 Å². The van der Waals surface area contributed by atoms with Crippen molar-refractivity contribution in [1.29, 1.82) is 0 Å². The molecule has 8 heteroatoms. The molecule has 1 aliphatic heterocycles. The van der Waals surface area contributed by atoms with E-state index in [-0.39, 0.29) is 23.6 Å². The number of benzene rings is 2. The van der Waals surface area contributed by atoms with Crippen molar-refractivity contribution in [3.63, 3.8) is 0 Å². The molecular weight excluding hydrogens is 443 g/mol. The summed E-state index contributed by atoms with van der Waals surface area (Å²) >= 11 is 0. The minimum Gasteiger partial charge on any atom is -0.369 e. The zero-order valence-corrected chi connectivity index (χ0v) is 20.1. The summed E-state index contributed by atoms with van der Waals surface area (Å²) in [6.07, 6.45) is 2.35. The highest BCUT2D eigenvalue weighted by atomic mass is 32.2. The lowest BCUT2D eigenvalue weighted by molar-refractivity contribution is -0.143. The number of hydrogen-bond donors (Lipinski definition) is 1. The molecule has 1 saturated carbocycles. The molecule has 178 valence electrons. The van der Waals surface area contributed by atoms with Crippen LogP contribution in [0.5, 0.6) is 0 Å². The Bertz CT molecular complexity index is 1120. The van der Waals surface area contributed by atoms with E-state index in [1.54, 1.807) is 30.0 Å². The first kappa shape index (κ1) is 23.9. The van der Waals surface area contributed by atoms with E-state index in [0.29, 0.717) is 24.3 Å². The Balaban J connectivity index is 1.71. The lowest BCUT2D eigenvalue weighted by Crippen LogP contribution is -2.51. The zero-order valence-electron chi connectivity index (χ0n) is 19.3. The Morgan fingerprint density at radius 1 is 1.21 bits per heavy atom. The number of sulfonamides is 1. The molecule has 1 saturated heterocycles. The van der Waals surface area contributed by atoms with Crippen LogP contribution in [-0.2, 0) is 26.0 Å². The number of halogens is 1. The first-order valence-corrected chi connectivity index (χ1v) is 13.3. The largest absolute Gasteiger partial charge is 0.369 e. The molecule has 0 radical (unpaired) electrons. The number of rotatable bonds is 8. The van der Waals surface area contributed by atoms with Gasteiger partial charge in [-0.05, 0) is 44.2 Å². The quantitative estimate of drug-likeness (QED) is 0.637. The van der Waals surface area contributed by atoms with E-state index in [1.165, 1.54) is 0 Å². The van der Waals surface area contributed by atoms with E-state index in [4.69, 9.17) is 4.74 Å². The molecule has 2 aromatic rings. The first-order valence-electron chi connectivity index (χ1n) is 11.4. The van der Waals surface area contributed by atoms with Crippen LogP contribution in [0.3, 0.4) is 0 Å². The van der Waals surface area contributed by atoms with Crippen LogP contribution >= 0.6 is 0 Å². The molecule has 0 aromatic heterocycles. The highest BCUT2D eigenvalue weighted by Crippen LogP contribution is 2.55. The number of carbonyl (C=O) groups is 1. The van der Waals surface area contributed by atoms with Crippen molar-refractivity contribution in [3.05, 3.63) is 59.9 Å². The fourth-order valence-corrected chi connectivity index (χ4v) is 5.90. The predicted octanol–water partition coefficient (Wildman–Crippen LogP) is 3.37. The van der Waals surface area contributed by atoms with E-state index >= 15 is 4.39 Å².